The highest BCUT2D eigenvalue weighted by Gasteiger charge is 2.39. The zero-order chi connectivity index (χ0) is 20.9. The van der Waals surface area contributed by atoms with E-state index in [0.717, 1.165) is 13.1 Å². The van der Waals surface area contributed by atoms with Crippen LogP contribution in [0.25, 0.3) is 0 Å². The molecular weight excluding hydrogens is 370 g/mol. The van der Waals surface area contributed by atoms with Crippen molar-refractivity contribution in [3.63, 3.8) is 0 Å². The lowest BCUT2D eigenvalue weighted by atomic mass is 10.0. The van der Waals surface area contributed by atoms with Gasteiger partial charge in [-0.2, -0.15) is 10.2 Å². The van der Waals surface area contributed by atoms with Crippen molar-refractivity contribution in [3.8, 4) is 18.1 Å². The number of ether oxygens (including phenoxy) is 1. The van der Waals surface area contributed by atoms with Gasteiger partial charge in [0.05, 0.1) is 12.8 Å². The molecule has 8 nitrogen and oxygen atoms in total. The molecule has 0 aromatic heterocycles. The number of likely N-dealkylation sites (N-methyl/N-ethyl adjacent to an activating group) is 1. The molecule has 2 amide bonds. The van der Waals surface area contributed by atoms with E-state index in [0.29, 0.717) is 49.4 Å². The Morgan fingerprint density at radius 1 is 1.24 bits per heavy atom. The van der Waals surface area contributed by atoms with E-state index in [4.69, 9.17) is 11.2 Å². The number of terminal acetylenes is 1. The lowest BCUT2D eigenvalue weighted by Gasteiger charge is -2.32. The molecule has 2 heterocycles. The zero-order valence-corrected chi connectivity index (χ0v) is 17.0. The number of benzene rings is 1. The number of nitrogens with zero attached hydrogens (tertiary/aromatic N) is 4. The third-order valence-corrected chi connectivity index (χ3v) is 5.32. The van der Waals surface area contributed by atoms with E-state index in [1.54, 1.807) is 18.2 Å². The van der Waals surface area contributed by atoms with Crippen LogP contribution in [0.15, 0.2) is 28.4 Å². The molecule has 1 N–H and O–H groups in total. The number of piperazine rings is 1. The van der Waals surface area contributed by atoms with Gasteiger partial charge in [-0.3, -0.25) is 9.59 Å². The van der Waals surface area contributed by atoms with Gasteiger partial charge in [0.15, 0.2) is 5.66 Å². The van der Waals surface area contributed by atoms with Crippen LogP contribution in [-0.2, 0) is 4.79 Å². The highest BCUT2D eigenvalue weighted by atomic mass is 16.5. The van der Waals surface area contributed by atoms with Crippen molar-refractivity contribution in [1.29, 1.82) is 0 Å². The topological polar surface area (TPSA) is 86.6 Å². The number of amides is 2. The summed E-state index contributed by atoms with van der Waals surface area (Å²) in [4.78, 5) is 29.3. The van der Waals surface area contributed by atoms with Gasteiger partial charge in [0.2, 0.25) is 5.91 Å². The first-order chi connectivity index (χ1) is 14.0. The second-order valence-corrected chi connectivity index (χ2v) is 7.45. The first kappa shape index (κ1) is 20.8. The van der Waals surface area contributed by atoms with E-state index < -0.39 is 5.66 Å². The monoisotopic (exact) mass is 397 g/mol. The van der Waals surface area contributed by atoms with E-state index in [9.17, 15) is 9.59 Å². The molecule has 0 atom stereocenters. The van der Waals surface area contributed by atoms with Crippen LogP contribution < -0.4 is 10.1 Å². The smallest absolute Gasteiger partial charge is 0.254 e. The summed E-state index contributed by atoms with van der Waals surface area (Å²) in [5.41, 5.74) is 0.524. The molecule has 2 aliphatic heterocycles. The Balaban J connectivity index is 1.62. The molecule has 1 fully saturated rings. The van der Waals surface area contributed by atoms with Gasteiger partial charge >= 0.3 is 0 Å². The van der Waals surface area contributed by atoms with Gasteiger partial charge in [-0.05, 0) is 25.2 Å². The lowest BCUT2D eigenvalue weighted by Crippen LogP contribution is -2.47. The Hall–Kier alpha value is -2.92. The van der Waals surface area contributed by atoms with E-state index in [1.807, 2.05) is 11.9 Å². The summed E-state index contributed by atoms with van der Waals surface area (Å²) < 4.78 is 5.35. The van der Waals surface area contributed by atoms with Crippen molar-refractivity contribution in [2.45, 2.75) is 31.3 Å². The average Bonchev–Trinajstić information content (AvgIpc) is 3.51. The maximum absolute atomic E-state index is 12.8. The molecule has 0 saturated carbocycles. The van der Waals surface area contributed by atoms with Gasteiger partial charge in [0.25, 0.3) is 5.91 Å². The standard InChI is InChI=1S/C21H27N5O3/c1-4-5-9-21(23-24-21)10-8-19(27)22-17-15-16(6-7-18(17)29-3)20(28)26-13-11-25(2)12-14-26/h1,6-7,15H,5,8-14H2,2-3H3,(H,22,27). The van der Waals surface area contributed by atoms with Crippen LogP contribution in [0, 0.1) is 12.3 Å². The maximum Gasteiger partial charge on any atom is 0.254 e. The quantitative estimate of drug-likeness (QED) is 0.683. The molecule has 3 rings (SSSR count). The minimum atomic E-state index is -0.493. The lowest BCUT2D eigenvalue weighted by molar-refractivity contribution is -0.116. The average molecular weight is 397 g/mol. The number of rotatable bonds is 8. The Morgan fingerprint density at radius 3 is 2.59 bits per heavy atom. The van der Waals surface area contributed by atoms with Crippen molar-refractivity contribution in [2.75, 3.05) is 45.7 Å². The van der Waals surface area contributed by atoms with Gasteiger partial charge in [-0.15, -0.1) is 12.3 Å². The highest BCUT2D eigenvalue weighted by Crippen LogP contribution is 2.37. The van der Waals surface area contributed by atoms with Crippen molar-refractivity contribution < 1.29 is 14.3 Å². The molecule has 0 unspecified atom stereocenters. The third kappa shape index (κ3) is 5.33. The number of hydrogen-bond donors (Lipinski definition) is 1. The van der Waals surface area contributed by atoms with Crippen molar-refractivity contribution >= 4 is 17.5 Å². The van der Waals surface area contributed by atoms with Crippen molar-refractivity contribution in [3.05, 3.63) is 23.8 Å². The highest BCUT2D eigenvalue weighted by molar-refractivity contribution is 5.98. The Morgan fingerprint density at radius 2 is 1.97 bits per heavy atom. The fourth-order valence-electron chi connectivity index (χ4n) is 3.33. The van der Waals surface area contributed by atoms with Crippen LogP contribution in [0.4, 0.5) is 5.69 Å². The molecule has 1 aromatic rings. The zero-order valence-electron chi connectivity index (χ0n) is 17.0. The summed E-state index contributed by atoms with van der Waals surface area (Å²) in [6.07, 6.45) is 7.31. The molecule has 0 spiro atoms. The molecule has 2 aliphatic rings. The first-order valence-corrected chi connectivity index (χ1v) is 9.79. The largest absolute Gasteiger partial charge is 0.495 e. The second kappa shape index (κ2) is 9.05. The van der Waals surface area contributed by atoms with Gasteiger partial charge in [-0.25, -0.2) is 0 Å². The molecular formula is C21H27N5O3. The van der Waals surface area contributed by atoms with Crippen LogP contribution in [0.5, 0.6) is 5.75 Å². The van der Waals surface area contributed by atoms with E-state index >= 15 is 0 Å². The first-order valence-electron chi connectivity index (χ1n) is 9.79. The van der Waals surface area contributed by atoms with Crippen LogP contribution in [-0.4, -0.2) is 67.6 Å². The van der Waals surface area contributed by atoms with Crippen LogP contribution >= 0.6 is 0 Å². The number of hydrogen-bond acceptors (Lipinski definition) is 6. The van der Waals surface area contributed by atoms with Crippen LogP contribution in [0.2, 0.25) is 0 Å². The molecule has 154 valence electrons. The summed E-state index contributed by atoms with van der Waals surface area (Å²) >= 11 is 0. The summed E-state index contributed by atoms with van der Waals surface area (Å²) in [6, 6.07) is 5.11. The summed E-state index contributed by atoms with van der Waals surface area (Å²) in [7, 11) is 3.57. The number of carbonyl (C=O) groups is 2. The molecule has 1 aromatic carbocycles. The minimum Gasteiger partial charge on any atom is -0.495 e. The Labute approximate surface area is 171 Å². The normalized spacial score (nSPS) is 17.5. The molecule has 0 bridgehead atoms. The number of methoxy groups -OCH3 is 1. The minimum absolute atomic E-state index is 0.0416. The SMILES string of the molecule is C#CCCC1(CCC(=O)Nc2cc(C(=O)N3CCN(C)CC3)ccc2OC)N=N1. The van der Waals surface area contributed by atoms with Crippen LogP contribution in [0.3, 0.4) is 0 Å². The van der Waals surface area contributed by atoms with Gasteiger partial charge in [0.1, 0.15) is 5.75 Å². The summed E-state index contributed by atoms with van der Waals surface area (Å²) in [5, 5.41) is 11.0. The summed E-state index contributed by atoms with van der Waals surface area (Å²) in [5.74, 6) is 2.87. The predicted molar refractivity (Wildman–Crippen MR) is 110 cm³/mol. The second-order valence-electron chi connectivity index (χ2n) is 7.45. The van der Waals surface area contributed by atoms with E-state index in [1.165, 1.54) is 7.11 Å². The molecule has 8 heteroatoms. The summed E-state index contributed by atoms with van der Waals surface area (Å²) in [6.45, 7) is 3.08. The van der Waals surface area contributed by atoms with E-state index in [2.05, 4.69) is 26.4 Å². The fourth-order valence-corrected chi connectivity index (χ4v) is 3.33. The number of carbonyl (C=O) groups excluding carboxylic acids is 2. The molecule has 29 heavy (non-hydrogen) atoms. The maximum atomic E-state index is 12.8. The third-order valence-electron chi connectivity index (χ3n) is 5.32. The van der Waals surface area contributed by atoms with Crippen molar-refractivity contribution in [2.24, 2.45) is 10.2 Å². The number of anilines is 1. The van der Waals surface area contributed by atoms with Crippen LogP contribution in [0.1, 0.15) is 36.0 Å². The fraction of sp³-hybridized carbons (Fsp3) is 0.524. The molecule has 1 saturated heterocycles. The number of nitrogens with one attached hydrogen (secondary N) is 1. The van der Waals surface area contributed by atoms with Gasteiger partial charge < -0.3 is 19.9 Å². The molecule has 0 aliphatic carbocycles. The predicted octanol–water partition coefficient (Wildman–Crippen LogP) is 2.38. The van der Waals surface area contributed by atoms with Gasteiger partial charge in [0, 0.05) is 57.4 Å². The van der Waals surface area contributed by atoms with Crippen molar-refractivity contribution in [1.82, 2.24) is 9.80 Å². The Bertz CT molecular complexity index is 831. The van der Waals surface area contributed by atoms with E-state index in [-0.39, 0.29) is 18.2 Å². The molecule has 0 radical (unpaired) electrons. The van der Waals surface area contributed by atoms with Gasteiger partial charge in [-0.1, -0.05) is 0 Å². The Kier molecular flexibility index (Phi) is 6.49.